The van der Waals surface area contributed by atoms with Crippen LogP contribution in [-0.4, -0.2) is 33.5 Å². The van der Waals surface area contributed by atoms with E-state index in [9.17, 15) is 9.59 Å². The van der Waals surface area contributed by atoms with E-state index in [4.69, 9.17) is 4.74 Å². The van der Waals surface area contributed by atoms with Crippen molar-refractivity contribution in [3.63, 3.8) is 0 Å². The van der Waals surface area contributed by atoms with E-state index in [1.165, 1.54) is 0 Å². The average molecular weight is 352 g/mol. The Morgan fingerprint density at radius 2 is 2.00 bits per heavy atom. The van der Waals surface area contributed by atoms with Gasteiger partial charge in [-0.15, -0.1) is 5.10 Å². The van der Waals surface area contributed by atoms with E-state index < -0.39 is 5.97 Å². The highest BCUT2D eigenvalue weighted by Crippen LogP contribution is 2.18. The summed E-state index contributed by atoms with van der Waals surface area (Å²) in [7, 11) is 0. The first-order valence-electron chi connectivity index (χ1n) is 8.36. The zero-order valence-corrected chi connectivity index (χ0v) is 14.9. The molecule has 7 heteroatoms. The summed E-state index contributed by atoms with van der Waals surface area (Å²) in [6.45, 7) is 6.20. The van der Waals surface area contributed by atoms with Crippen molar-refractivity contribution >= 4 is 28.6 Å². The van der Waals surface area contributed by atoms with E-state index in [0.717, 1.165) is 16.6 Å². The van der Waals surface area contributed by atoms with Gasteiger partial charge in [0.25, 0.3) is 5.91 Å². The van der Waals surface area contributed by atoms with Crippen molar-refractivity contribution in [2.45, 2.75) is 27.3 Å². The molecule has 0 fully saturated rings. The molecule has 0 aliphatic heterocycles. The Labute approximate surface area is 151 Å². The number of hydrogen-bond acceptors (Lipinski definition) is 5. The number of aryl methyl sites for hydroxylation is 2. The van der Waals surface area contributed by atoms with Crippen molar-refractivity contribution in [1.29, 1.82) is 0 Å². The molecule has 0 aliphatic carbocycles. The van der Waals surface area contributed by atoms with E-state index in [1.54, 1.807) is 22.9 Å². The molecule has 1 amide bonds. The fourth-order valence-corrected chi connectivity index (χ4v) is 2.62. The van der Waals surface area contributed by atoms with Gasteiger partial charge in [0, 0.05) is 12.2 Å². The van der Waals surface area contributed by atoms with E-state index in [1.807, 2.05) is 39.0 Å². The minimum absolute atomic E-state index is 0.334. The number of anilines is 1. The van der Waals surface area contributed by atoms with Gasteiger partial charge in [0.15, 0.2) is 6.61 Å². The fourth-order valence-electron chi connectivity index (χ4n) is 2.62. The lowest BCUT2D eigenvalue weighted by Crippen LogP contribution is -2.21. The van der Waals surface area contributed by atoms with Crippen molar-refractivity contribution in [3.05, 3.63) is 53.1 Å². The third kappa shape index (κ3) is 3.56. The van der Waals surface area contributed by atoms with E-state index >= 15 is 0 Å². The molecular weight excluding hydrogens is 332 g/mol. The van der Waals surface area contributed by atoms with Gasteiger partial charge in [-0.05, 0) is 56.2 Å². The summed E-state index contributed by atoms with van der Waals surface area (Å²) in [6.07, 6.45) is 0. The van der Waals surface area contributed by atoms with Gasteiger partial charge in [-0.2, -0.15) is 0 Å². The molecule has 3 rings (SSSR count). The van der Waals surface area contributed by atoms with Crippen LogP contribution in [0.4, 0.5) is 5.69 Å². The van der Waals surface area contributed by atoms with Crippen molar-refractivity contribution in [3.8, 4) is 0 Å². The number of carbonyl (C=O) groups excluding carboxylic acids is 2. The lowest BCUT2D eigenvalue weighted by molar-refractivity contribution is -0.119. The third-order valence-electron chi connectivity index (χ3n) is 4.26. The normalized spacial score (nSPS) is 10.7. The monoisotopic (exact) mass is 352 g/mol. The number of benzene rings is 2. The van der Waals surface area contributed by atoms with Gasteiger partial charge in [-0.3, -0.25) is 4.79 Å². The molecule has 134 valence electrons. The summed E-state index contributed by atoms with van der Waals surface area (Å²) >= 11 is 0. The first kappa shape index (κ1) is 17.6. The van der Waals surface area contributed by atoms with Crippen LogP contribution < -0.4 is 5.32 Å². The van der Waals surface area contributed by atoms with Gasteiger partial charge in [0.2, 0.25) is 0 Å². The third-order valence-corrected chi connectivity index (χ3v) is 4.26. The van der Waals surface area contributed by atoms with Crippen molar-refractivity contribution < 1.29 is 14.3 Å². The number of nitrogens with zero attached hydrogens (tertiary/aromatic N) is 3. The zero-order chi connectivity index (χ0) is 18.7. The van der Waals surface area contributed by atoms with Crippen LogP contribution in [-0.2, 0) is 16.1 Å². The standard InChI is InChI=1S/C19H20N4O3/c1-4-23-17-9-8-14(10-16(17)21-22-23)19(25)26-11-18(24)20-15-7-5-6-12(2)13(15)3/h5-10H,4,11H2,1-3H3,(H,20,24). The van der Waals surface area contributed by atoms with E-state index in [2.05, 4.69) is 15.6 Å². The van der Waals surface area contributed by atoms with Gasteiger partial charge in [-0.1, -0.05) is 17.3 Å². The first-order chi connectivity index (χ1) is 12.5. The number of carbonyl (C=O) groups is 2. The van der Waals surface area contributed by atoms with Crippen LogP contribution in [0.2, 0.25) is 0 Å². The zero-order valence-electron chi connectivity index (χ0n) is 14.9. The Morgan fingerprint density at radius 1 is 1.19 bits per heavy atom. The number of fused-ring (bicyclic) bond motifs is 1. The molecule has 0 bridgehead atoms. The fraction of sp³-hybridized carbons (Fsp3) is 0.263. The number of ether oxygens (including phenoxy) is 1. The number of hydrogen-bond donors (Lipinski definition) is 1. The molecule has 0 radical (unpaired) electrons. The first-order valence-corrected chi connectivity index (χ1v) is 8.36. The molecule has 0 saturated heterocycles. The van der Waals surface area contributed by atoms with Crippen molar-refractivity contribution in [1.82, 2.24) is 15.0 Å². The highest BCUT2D eigenvalue weighted by atomic mass is 16.5. The van der Waals surface area contributed by atoms with Crippen LogP contribution in [0.5, 0.6) is 0 Å². The maximum atomic E-state index is 12.2. The molecule has 0 spiro atoms. The summed E-state index contributed by atoms with van der Waals surface area (Å²) in [5.41, 5.74) is 4.56. The molecule has 1 heterocycles. The average Bonchev–Trinajstić information content (AvgIpc) is 3.05. The van der Waals surface area contributed by atoms with Gasteiger partial charge in [-0.25, -0.2) is 9.48 Å². The SMILES string of the molecule is CCn1nnc2cc(C(=O)OCC(=O)Nc3cccc(C)c3C)ccc21. The molecule has 2 aromatic carbocycles. The Hall–Kier alpha value is -3.22. The number of rotatable bonds is 5. The number of aromatic nitrogens is 3. The van der Waals surface area contributed by atoms with Crippen LogP contribution in [0, 0.1) is 13.8 Å². The number of amides is 1. The molecule has 3 aromatic rings. The predicted octanol–water partition coefficient (Wildman–Crippen LogP) is 2.86. The lowest BCUT2D eigenvalue weighted by atomic mass is 10.1. The summed E-state index contributed by atoms with van der Waals surface area (Å²) in [4.78, 5) is 24.2. The van der Waals surface area contributed by atoms with Gasteiger partial charge in [0.1, 0.15) is 5.52 Å². The van der Waals surface area contributed by atoms with Crippen LogP contribution in [0.1, 0.15) is 28.4 Å². The Kier molecular flexibility index (Phi) is 4.97. The second kappa shape index (κ2) is 7.35. The van der Waals surface area contributed by atoms with Gasteiger partial charge >= 0.3 is 5.97 Å². The summed E-state index contributed by atoms with van der Waals surface area (Å²) in [6, 6.07) is 10.7. The summed E-state index contributed by atoms with van der Waals surface area (Å²) in [5.74, 6) is -0.959. The second-order valence-corrected chi connectivity index (χ2v) is 5.98. The van der Waals surface area contributed by atoms with Crippen LogP contribution in [0.25, 0.3) is 11.0 Å². The smallest absolute Gasteiger partial charge is 0.338 e. The topological polar surface area (TPSA) is 86.1 Å². The van der Waals surface area contributed by atoms with Gasteiger partial charge in [0.05, 0.1) is 11.1 Å². The van der Waals surface area contributed by atoms with Crippen molar-refractivity contribution in [2.75, 3.05) is 11.9 Å². The molecule has 1 N–H and O–H groups in total. The largest absolute Gasteiger partial charge is 0.452 e. The molecule has 1 aromatic heterocycles. The van der Waals surface area contributed by atoms with Crippen molar-refractivity contribution in [2.24, 2.45) is 0 Å². The number of nitrogens with one attached hydrogen (secondary N) is 1. The van der Waals surface area contributed by atoms with Crippen LogP contribution >= 0.6 is 0 Å². The molecule has 26 heavy (non-hydrogen) atoms. The Morgan fingerprint density at radius 3 is 2.77 bits per heavy atom. The lowest BCUT2D eigenvalue weighted by Gasteiger charge is -2.10. The minimum atomic E-state index is -0.575. The maximum Gasteiger partial charge on any atom is 0.338 e. The summed E-state index contributed by atoms with van der Waals surface area (Å²) < 4.78 is 6.85. The highest BCUT2D eigenvalue weighted by Gasteiger charge is 2.13. The summed E-state index contributed by atoms with van der Waals surface area (Å²) in [5, 5.41) is 10.8. The predicted molar refractivity (Wildman–Crippen MR) is 98.0 cm³/mol. The van der Waals surface area contributed by atoms with Crippen LogP contribution in [0.15, 0.2) is 36.4 Å². The quantitative estimate of drug-likeness (QED) is 0.714. The van der Waals surface area contributed by atoms with E-state index in [-0.39, 0.29) is 12.5 Å². The van der Waals surface area contributed by atoms with E-state index in [0.29, 0.717) is 23.3 Å². The molecule has 0 atom stereocenters. The molecule has 0 aliphatic rings. The molecule has 0 unspecified atom stereocenters. The van der Waals surface area contributed by atoms with Gasteiger partial charge < -0.3 is 10.1 Å². The second-order valence-electron chi connectivity index (χ2n) is 5.98. The number of esters is 1. The Balaban J connectivity index is 1.63. The highest BCUT2D eigenvalue weighted by molar-refractivity contribution is 5.97. The molecule has 7 nitrogen and oxygen atoms in total. The van der Waals surface area contributed by atoms with Crippen LogP contribution in [0.3, 0.4) is 0 Å². The Bertz CT molecular complexity index is 978. The minimum Gasteiger partial charge on any atom is -0.452 e. The molecule has 0 saturated carbocycles. The maximum absolute atomic E-state index is 12.2. The molecular formula is C19H20N4O3.